The number of likely N-dealkylation sites (tertiary alicyclic amines) is 1. The molecule has 1 saturated heterocycles. The van der Waals surface area contributed by atoms with Crippen molar-refractivity contribution in [2.75, 3.05) is 13.2 Å². The number of carbonyl (C=O) groups excluding carboxylic acids is 1. The summed E-state index contributed by atoms with van der Waals surface area (Å²) in [4.78, 5) is 14.2. The molecule has 0 N–H and O–H groups in total. The van der Waals surface area contributed by atoms with E-state index in [-0.39, 0.29) is 29.9 Å². The molecule has 1 aliphatic heterocycles. The summed E-state index contributed by atoms with van der Waals surface area (Å²) in [5.74, 6) is 0.694. The minimum Gasteiger partial charge on any atom is -0.489 e. The number of ether oxygens (including phenoxy) is 3. The van der Waals surface area contributed by atoms with Crippen molar-refractivity contribution >= 4 is 6.09 Å². The zero-order valence-corrected chi connectivity index (χ0v) is 17.6. The molecule has 2 atom stereocenters. The van der Waals surface area contributed by atoms with Crippen molar-refractivity contribution in [2.24, 2.45) is 5.92 Å². The summed E-state index contributed by atoms with van der Waals surface area (Å²) in [6.07, 6.45) is 2.49. The van der Waals surface area contributed by atoms with Crippen LogP contribution in [0.2, 0.25) is 0 Å². The van der Waals surface area contributed by atoms with E-state index in [9.17, 15) is 18.8 Å². The zero-order chi connectivity index (χ0) is 21.9. The summed E-state index contributed by atoms with van der Waals surface area (Å²) in [5.41, 5.74) is 0.223. The van der Waals surface area contributed by atoms with Gasteiger partial charge in [-0.15, -0.1) is 0 Å². The molecule has 2 fully saturated rings. The number of nitriles is 1. The van der Waals surface area contributed by atoms with E-state index in [0.717, 1.165) is 18.4 Å². The lowest BCUT2D eigenvalue weighted by Gasteiger charge is -2.27. The summed E-state index contributed by atoms with van der Waals surface area (Å²) in [6.45, 7) is 3.30. The molecule has 6 nitrogen and oxygen atoms in total. The summed E-state index contributed by atoms with van der Waals surface area (Å²) in [7, 11) is 0. The number of amides is 1. The first-order chi connectivity index (χ1) is 14.2. The predicted octanol–water partition coefficient (Wildman–Crippen LogP) is 5.08. The fourth-order valence-electron chi connectivity index (χ4n) is 3.58. The smallest absolute Gasteiger partial charge is 0.410 e. The zero-order valence-electron chi connectivity index (χ0n) is 17.6. The normalized spacial score (nSPS) is 21.4. The lowest BCUT2D eigenvalue weighted by Crippen LogP contribution is -2.39. The number of carbonyl (C=O) groups is 1. The quantitative estimate of drug-likeness (QED) is 0.613. The number of nitrogens with zero attached hydrogens (tertiary/aromatic N) is 2. The highest BCUT2D eigenvalue weighted by Crippen LogP contribution is 2.39. The lowest BCUT2D eigenvalue weighted by atomic mass is 9.95. The molecule has 0 bridgehead atoms. The van der Waals surface area contributed by atoms with Gasteiger partial charge in [0, 0.05) is 18.5 Å². The molecule has 1 aliphatic carbocycles. The molecule has 164 valence electrons. The minimum absolute atomic E-state index is 0.00460. The second-order valence-corrected chi connectivity index (χ2v) is 8.92. The Balaban J connectivity index is 1.78. The molecule has 1 heterocycles. The first kappa shape index (κ1) is 22.1. The topological polar surface area (TPSA) is 71.8 Å². The summed E-state index contributed by atoms with van der Waals surface area (Å²) >= 11 is 0. The Morgan fingerprint density at radius 3 is 2.63 bits per heavy atom. The highest BCUT2D eigenvalue weighted by atomic mass is 19.3. The molecule has 1 unspecified atom stereocenters. The van der Waals surface area contributed by atoms with Crippen LogP contribution in [-0.4, -0.2) is 42.4 Å². The predicted molar refractivity (Wildman–Crippen MR) is 106 cm³/mol. The van der Waals surface area contributed by atoms with E-state index in [1.807, 2.05) is 0 Å². The summed E-state index contributed by atoms with van der Waals surface area (Å²) in [6, 6.07) is 6.79. The van der Waals surface area contributed by atoms with E-state index in [1.165, 1.54) is 6.07 Å². The van der Waals surface area contributed by atoms with Crippen molar-refractivity contribution < 1.29 is 27.8 Å². The Hall–Kier alpha value is -2.56. The van der Waals surface area contributed by atoms with E-state index < -0.39 is 18.3 Å². The summed E-state index contributed by atoms with van der Waals surface area (Å²) < 4.78 is 41.4. The lowest BCUT2D eigenvalue weighted by molar-refractivity contribution is -0.0515. The molecule has 8 heteroatoms. The maximum atomic E-state index is 12.8. The molecule has 30 heavy (non-hydrogen) atoms. The number of hydrogen-bond acceptors (Lipinski definition) is 5. The van der Waals surface area contributed by atoms with Crippen LogP contribution in [0.5, 0.6) is 11.5 Å². The SMILES string of the molecule is CC(C)(C)OC(=O)N1CC(c2ccc(OC(F)F)c(OCC3CC3)c2)C[C@H]1CC#N. The van der Waals surface area contributed by atoms with Crippen molar-refractivity contribution in [1.29, 1.82) is 5.26 Å². The number of rotatable bonds is 7. The van der Waals surface area contributed by atoms with Crippen molar-refractivity contribution in [3.05, 3.63) is 23.8 Å². The van der Waals surface area contributed by atoms with Gasteiger partial charge in [0.15, 0.2) is 11.5 Å². The Kier molecular flexibility index (Phi) is 6.69. The van der Waals surface area contributed by atoms with Gasteiger partial charge in [0.25, 0.3) is 0 Å². The number of alkyl halides is 2. The molecule has 1 aromatic carbocycles. The molecule has 1 saturated carbocycles. The Bertz CT molecular complexity index is 799. The van der Waals surface area contributed by atoms with Crippen LogP contribution in [0.4, 0.5) is 13.6 Å². The van der Waals surface area contributed by atoms with Crippen molar-refractivity contribution in [3.63, 3.8) is 0 Å². The van der Waals surface area contributed by atoms with E-state index in [4.69, 9.17) is 9.47 Å². The number of halogens is 2. The molecule has 0 aromatic heterocycles. The van der Waals surface area contributed by atoms with Gasteiger partial charge in [0.1, 0.15) is 5.60 Å². The highest BCUT2D eigenvalue weighted by Gasteiger charge is 2.38. The third-order valence-corrected chi connectivity index (χ3v) is 5.20. The molecule has 1 aromatic rings. The van der Waals surface area contributed by atoms with Crippen molar-refractivity contribution in [1.82, 2.24) is 4.90 Å². The van der Waals surface area contributed by atoms with Crippen LogP contribution in [0, 0.1) is 17.2 Å². The van der Waals surface area contributed by atoms with Crippen LogP contribution >= 0.6 is 0 Å². The molecule has 1 amide bonds. The van der Waals surface area contributed by atoms with Crippen molar-refractivity contribution in [2.45, 2.75) is 70.6 Å². The van der Waals surface area contributed by atoms with Gasteiger partial charge in [-0.2, -0.15) is 14.0 Å². The van der Waals surface area contributed by atoms with Gasteiger partial charge >= 0.3 is 12.7 Å². The third kappa shape index (κ3) is 5.97. The average molecular weight is 422 g/mol. The van der Waals surface area contributed by atoms with Gasteiger partial charge in [-0.05, 0) is 63.6 Å². The van der Waals surface area contributed by atoms with Gasteiger partial charge in [-0.3, -0.25) is 0 Å². The Morgan fingerprint density at radius 1 is 1.30 bits per heavy atom. The molecule has 3 rings (SSSR count). The maximum absolute atomic E-state index is 12.8. The molecular formula is C22H28F2N2O4. The molecule has 0 radical (unpaired) electrons. The van der Waals surface area contributed by atoms with Crippen LogP contribution in [-0.2, 0) is 4.74 Å². The van der Waals surface area contributed by atoms with Gasteiger partial charge in [-0.25, -0.2) is 4.79 Å². The Morgan fingerprint density at radius 2 is 2.03 bits per heavy atom. The van der Waals surface area contributed by atoms with Crippen LogP contribution in [0.3, 0.4) is 0 Å². The number of benzene rings is 1. The first-order valence-electron chi connectivity index (χ1n) is 10.2. The third-order valence-electron chi connectivity index (χ3n) is 5.20. The van der Waals surface area contributed by atoms with Gasteiger partial charge in [0.2, 0.25) is 0 Å². The molecule has 2 aliphatic rings. The largest absolute Gasteiger partial charge is 0.489 e. The second kappa shape index (κ2) is 9.07. The maximum Gasteiger partial charge on any atom is 0.410 e. The van der Waals surface area contributed by atoms with Crippen LogP contribution in [0.15, 0.2) is 18.2 Å². The van der Waals surface area contributed by atoms with Crippen LogP contribution in [0.25, 0.3) is 0 Å². The van der Waals surface area contributed by atoms with Gasteiger partial charge in [0.05, 0.1) is 19.1 Å². The van der Waals surface area contributed by atoms with Crippen LogP contribution in [0.1, 0.15) is 57.9 Å². The van der Waals surface area contributed by atoms with E-state index in [2.05, 4.69) is 10.8 Å². The monoisotopic (exact) mass is 422 g/mol. The second-order valence-electron chi connectivity index (χ2n) is 8.92. The fourth-order valence-corrected chi connectivity index (χ4v) is 3.58. The van der Waals surface area contributed by atoms with E-state index in [1.54, 1.807) is 37.8 Å². The fraction of sp³-hybridized carbons (Fsp3) is 0.636. The van der Waals surface area contributed by atoms with Crippen LogP contribution < -0.4 is 9.47 Å². The Labute approximate surface area is 175 Å². The first-order valence-corrected chi connectivity index (χ1v) is 10.2. The standard InChI is InChI=1S/C22H28F2N2O4/c1-22(2,3)30-21(27)26-12-16(10-17(26)8-9-25)15-6-7-18(29-20(23)24)19(11-15)28-13-14-4-5-14/h6-7,11,14,16-17,20H,4-5,8,10,12-13H2,1-3H3/t16?,17-/m1/s1. The highest BCUT2D eigenvalue weighted by molar-refractivity contribution is 5.69. The van der Waals surface area contributed by atoms with Gasteiger partial charge in [-0.1, -0.05) is 6.07 Å². The number of hydrogen-bond donors (Lipinski definition) is 0. The van der Waals surface area contributed by atoms with E-state index >= 15 is 0 Å². The summed E-state index contributed by atoms with van der Waals surface area (Å²) in [5, 5.41) is 9.17. The molecular weight excluding hydrogens is 394 g/mol. The van der Waals surface area contributed by atoms with Crippen molar-refractivity contribution in [3.8, 4) is 17.6 Å². The molecule has 0 spiro atoms. The minimum atomic E-state index is -2.94. The average Bonchev–Trinajstić information content (AvgIpc) is 3.37. The van der Waals surface area contributed by atoms with Gasteiger partial charge < -0.3 is 19.1 Å². The van der Waals surface area contributed by atoms with E-state index in [0.29, 0.717) is 25.5 Å².